The van der Waals surface area contributed by atoms with E-state index in [4.69, 9.17) is 0 Å². The molecule has 0 heterocycles. The van der Waals surface area contributed by atoms with Crippen LogP contribution in [0.1, 0.15) is 34.0 Å². The zero-order valence-corrected chi connectivity index (χ0v) is 8.48. The summed E-state index contributed by atoms with van der Waals surface area (Å²) in [7, 11) is 0. The molecule has 0 aliphatic rings. The fourth-order valence-corrected chi connectivity index (χ4v) is 1.47. The molecule has 1 aromatic rings. The first-order valence-electron chi connectivity index (χ1n) is 4.56. The Hall–Kier alpha value is -1.32. The molecule has 0 radical (unpaired) electrons. The van der Waals surface area contributed by atoms with Crippen LogP contribution in [0.5, 0.6) is 0 Å². The molecule has 0 aliphatic heterocycles. The van der Waals surface area contributed by atoms with Gasteiger partial charge in [-0.15, -0.1) is 0 Å². The summed E-state index contributed by atoms with van der Waals surface area (Å²) in [5.41, 5.74) is -0.142. The molecule has 0 aromatic heterocycles. The van der Waals surface area contributed by atoms with Crippen LogP contribution in [0.25, 0.3) is 0 Å². The summed E-state index contributed by atoms with van der Waals surface area (Å²) in [6.45, 7) is 3.29. The predicted octanol–water partition coefficient (Wildman–Crippen LogP) is 3.39. The zero-order valence-electron chi connectivity index (χ0n) is 8.48. The van der Waals surface area contributed by atoms with Crippen molar-refractivity contribution < 1.29 is 18.0 Å². The molecule has 0 atom stereocenters. The van der Waals surface area contributed by atoms with E-state index in [-0.39, 0.29) is 11.8 Å². The lowest BCUT2D eigenvalue weighted by Gasteiger charge is -2.13. The van der Waals surface area contributed by atoms with Gasteiger partial charge in [0.25, 0.3) is 0 Å². The Morgan fingerprint density at radius 1 is 1.33 bits per heavy atom. The Kier molecular flexibility index (Phi) is 3.17. The van der Waals surface area contributed by atoms with E-state index < -0.39 is 11.7 Å². The van der Waals surface area contributed by atoms with E-state index in [2.05, 4.69) is 0 Å². The maximum absolute atomic E-state index is 12.6. The Bertz CT molecular complexity index is 380. The summed E-state index contributed by atoms with van der Waals surface area (Å²) in [4.78, 5) is 10.6. The molecule has 4 heteroatoms. The molecule has 15 heavy (non-hydrogen) atoms. The van der Waals surface area contributed by atoms with E-state index in [1.807, 2.05) is 0 Å². The highest BCUT2D eigenvalue weighted by Gasteiger charge is 2.34. The molecule has 1 aromatic carbocycles. The van der Waals surface area contributed by atoms with Crippen molar-refractivity contribution in [2.24, 2.45) is 0 Å². The number of hydrogen-bond donors (Lipinski definition) is 0. The van der Waals surface area contributed by atoms with E-state index in [0.717, 1.165) is 6.07 Å². The van der Waals surface area contributed by atoms with Crippen LogP contribution < -0.4 is 0 Å². The third-order valence-corrected chi connectivity index (χ3v) is 2.28. The first-order chi connectivity index (χ1) is 6.90. The van der Waals surface area contributed by atoms with Gasteiger partial charge in [0.2, 0.25) is 0 Å². The van der Waals surface area contributed by atoms with Crippen molar-refractivity contribution in [3.8, 4) is 0 Å². The minimum Gasteiger partial charge on any atom is -0.298 e. The number of hydrogen-bond acceptors (Lipinski definition) is 1. The fourth-order valence-electron chi connectivity index (χ4n) is 1.47. The van der Waals surface area contributed by atoms with Gasteiger partial charge in [-0.05, 0) is 30.5 Å². The highest BCUT2D eigenvalue weighted by atomic mass is 19.4. The van der Waals surface area contributed by atoms with Crippen LogP contribution in [-0.2, 0) is 12.6 Å². The number of aryl methyl sites for hydroxylation is 2. The number of aldehydes is 1. The monoisotopic (exact) mass is 216 g/mol. The van der Waals surface area contributed by atoms with Crippen LogP contribution in [0.4, 0.5) is 13.2 Å². The summed E-state index contributed by atoms with van der Waals surface area (Å²) in [5, 5.41) is 0. The minimum absolute atomic E-state index is 0.262. The molecule has 0 saturated heterocycles. The van der Waals surface area contributed by atoms with Crippen LogP contribution in [-0.4, -0.2) is 6.29 Å². The second-order valence-corrected chi connectivity index (χ2v) is 3.34. The van der Waals surface area contributed by atoms with Gasteiger partial charge in [-0.2, -0.15) is 13.2 Å². The van der Waals surface area contributed by atoms with E-state index in [1.54, 1.807) is 13.0 Å². The lowest BCUT2D eigenvalue weighted by molar-refractivity contribution is -0.137. The molecule has 82 valence electrons. The summed E-state index contributed by atoms with van der Waals surface area (Å²) < 4.78 is 37.7. The number of benzene rings is 1. The van der Waals surface area contributed by atoms with Crippen molar-refractivity contribution >= 4 is 6.29 Å². The standard InChI is InChI=1S/C11H11F3O/c1-3-8-4-7(2)9(6-15)10(5-8)11(12,13)14/h4-6H,3H2,1-2H3. The van der Waals surface area contributed by atoms with E-state index in [0.29, 0.717) is 17.5 Å². The number of carbonyl (C=O) groups is 1. The Morgan fingerprint density at radius 3 is 2.33 bits per heavy atom. The SMILES string of the molecule is CCc1cc(C)c(C=O)c(C(F)(F)F)c1. The predicted molar refractivity (Wildman–Crippen MR) is 50.9 cm³/mol. The molecule has 0 amide bonds. The molecular weight excluding hydrogens is 205 g/mol. The average Bonchev–Trinajstić information content (AvgIpc) is 2.15. The van der Waals surface area contributed by atoms with Gasteiger partial charge in [-0.3, -0.25) is 4.79 Å². The van der Waals surface area contributed by atoms with Gasteiger partial charge >= 0.3 is 6.18 Å². The Labute approximate surface area is 85.9 Å². The molecular formula is C11H11F3O. The quantitative estimate of drug-likeness (QED) is 0.692. The van der Waals surface area contributed by atoms with Gasteiger partial charge in [0.1, 0.15) is 0 Å². The van der Waals surface area contributed by atoms with Crippen molar-refractivity contribution in [2.45, 2.75) is 26.4 Å². The molecule has 0 unspecified atom stereocenters. The van der Waals surface area contributed by atoms with Crippen LogP contribution in [0, 0.1) is 6.92 Å². The number of rotatable bonds is 2. The molecule has 0 spiro atoms. The van der Waals surface area contributed by atoms with E-state index >= 15 is 0 Å². The average molecular weight is 216 g/mol. The largest absolute Gasteiger partial charge is 0.417 e. The number of carbonyl (C=O) groups excluding carboxylic acids is 1. The summed E-state index contributed by atoms with van der Waals surface area (Å²) in [5.74, 6) is 0. The van der Waals surface area contributed by atoms with Crippen molar-refractivity contribution in [3.05, 3.63) is 34.4 Å². The first kappa shape index (κ1) is 11.8. The number of halogens is 3. The first-order valence-corrected chi connectivity index (χ1v) is 4.56. The zero-order chi connectivity index (χ0) is 11.6. The number of alkyl halides is 3. The second kappa shape index (κ2) is 4.04. The van der Waals surface area contributed by atoms with Crippen LogP contribution in [0.15, 0.2) is 12.1 Å². The summed E-state index contributed by atoms with van der Waals surface area (Å²) in [6, 6.07) is 2.65. The van der Waals surface area contributed by atoms with Gasteiger partial charge in [-0.25, -0.2) is 0 Å². The highest BCUT2D eigenvalue weighted by Crippen LogP contribution is 2.33. The molecule has 0 N–H and O–H groups in total. The molecule has 0 bridgehead atoms. The normalized spacial score (nSPS) is 11.5. The smallest absolute Gasteiger partial charge is 0.298 e. The van der Waals surface area contributed by atoms with Crippen molar-refractivity contribution in [3.63, 3.8) is 0 Å². The fraction of sp³-hybridized carbons (Fsp3) is 0.364. The molecule has 0 aliphatic carbocycles. The molecule has 0 saturated carbocycles. The van der Waals surface area contributed by atoms with Crippen molar-refractivity contribution in [1.29, 1.82) is 0 Å². The topological polar surface area (TPSA) is 17.1 Å². The van der Waals surface area contributed by atoms with Crippen molar-refractivity contribution in [2.75, 3.05) is 0 Å². The maximum atomic E-state index is 12.6. The van der Waals surface area contributed by atoms with E-state index in [1.165, 1.54) is 6.92 Å². The van der Waals surface area contributed by atoms with Gasteiger partial charge in [-0.1, -0.05) is 13.0 Å². The van der Waals surface area contributed by atoms with Crippen LogP contribution in [0.3, 0.4) is 0 Å². The van der Waals surface area contributed by atoms with Gasteiger partial charge in [0.05, 0.1) is 5.56 Å². The minimum atomic E-state index is -4.47. The second-order valence-electron chi connectivity index (χ2n) is 3.34. The Morgan fingerprint density at radius 2 is 1.93 bits per heavy atom. The molecule has 1 rings (SSSR count). The maximum Gasteiger partial charge on any atom is 0.417 e. The summed E-state index contributed by atoms with van der Waals surface area (Å²) in [6.07, 6.45) is -3.69. The van der Waals surface area contributed by atoms with Crippen molar-refractivity contribution in [1.82, 2.24) is 0 Å². The van der Waals surface area contributed by atoms with Gasteiger partial charge in [0.15, 0.2) is 6.29 Å². The Balaban J connectivity index is 3.46. The molecule has 0 fully saturated rings. The van der Waals surface area contributed by atoms with Gasteiger partial charge < -0.3 is 0 Å². The van der Waals surface area contributed by atoms with E-state index in [9.17, 15) is 18.0 Å². The highest BCUT2D eigenvalue weighted by molar-refractivity contribution is 5.80. The lowest BCUT2D eigenvalue weighted by atomic mass is 9.98. The van der Waals surface area contributed by atoms with Crippen LogP contribution in [0.2, 0.25) is 0 Å². The van der Waals surface area contributed by atoms with Gasteiger partial charge in [0, 0.05) is 5.56 Å². The van der Waals surface area contributed by atoms with Crippen LogP contribution >= 0.6 is 0 Å². The third-order valence-electron chi connectivity index (χ3n) is 2.28. The lowest BCUT2D eigenvalue weighted by Crippen LogP contribution is -2.11. The summed E-state index contributed by atoms with van der Waals surface area (Å²) >= 11 is 0. The third kappa shape index (κ3) is 2.37. The molecule has 1 nitrogen and oxygen atoms in total.